The summed E-state index contributed by atoms with van der Waals surface area (Å²) in [6.07, 6.45) is 6.38. The number of hydrogen-bond acceptors (Lipinski definition) is 6. The van der Waals surface area contributed by atoms with Gasteiger partial charge in [-0.3, -0.25) is 9.59 Å². The molecule has 0 saturated carbocycles. The van der Waals surface area contributed by atoms with Crippen molar-refractivity contribution in [1.82, 2.24) is 9.97 Å². The highest BCUT2D eigenvalue weighted by Crippen LogP contribution is 2.23. The van der Waals surface area contributed by atoms with Crippen molar-refractivity contribution in [1.29, 1.82) is 0 Å². The standard InChI is InChI=1S/C26H24F2N4O2S2/c27-19-9-5-17(6-10-19)13-21-15-29-25(35-21)31-23(33)3-1-2-4-24(34)32-26-30-16-22(36-26)14-18-7-11-20(28)12-8-18/h5-12,15-16H,1-4,13-14H2,(H,29,31,33)(H,30,32,34). The lowest BCUT2D eigenvalue weighted by Gasteiger charge is -2.03. The molecule has 0 bridgehead atoms. The third kappa shape index (κ3) is 8.03. The SMILES string of the molecule is O=C(CCCCC(=O)Nc1ncc(Cc2ccc(F)cc2)s1)Nc1ncc(Cc2ccc(F)cc2)s1. The van der Waals surface area contributed by atoms with E-state index in [0.29, 0.717) is 48.8 Å². The Kier molecular flexibility index (Phi) is 8.85. The molecule has 0 aliphatic rings. The van der Waals surface area contributed by atoms with Crippen LogP contribution in [0.3, 0.4) is 0 Å². The summed E-state index contributed by atoms with van der Waals surface area (Å²) in [5.74, 6) is -0.847. The monoisotopic (exact) mass is 526 g/mol. The fourth-order valence-corrected chi connectivity index (χ4v) is 5.16. The molecule has 4 rings (SSSR count). The van der Waals surface area contributed by atoms with Crippen molar-refractivity contribution < 1.29 is 18.4 Å². The number of carbonyl (C=O) groups excluding carboxylic acids is 2. The zero-order valence-corrected chi connectivity index (χ0v) is 20.9. The van der Waals surface area contributed by atoms with Gasteiger partial charge in [0.25, 0.3) is 0 Å². The molecule has 36 heavy (non-hydrogen) atoms. The number of thiazole rings is 2. The molecule has 0 aliphatic carbocycles. The lowest BCUT2D eigenvalue weighted by Crippen LogP contribution is -2.13. The lowest BCUT2D eigenvalue weighted by molar-refractivity contribution is -0.118. The summed E-state index contributed by atoms with van der Waals surface area (Å²) in [4.78, 5) is 34.8. The van der Waals surface area contributed by atoms with Gasteiger partial charge in [0, 0.05) is 47.8 Å². The van der Waals surface area contributed by atoms with Crippen LogP contribution in [0.5, 0.6) is 0 Å². The maximum atomic E-state index is 13.0. The smallest absolute Gasteiger partial charge is 0.226 e. The van der Waals surface area contributed by atoms with Gasteiger partial charge in [0.15, 0.2) is 10.3 Å². The predicted octanol–water partition coefficient (Wildman–Crippen LogP) is 6.20. The number of rotatable bonds is 11. The summed E-state index contributed by atoms with van der Waals surface area (Å²) in [6, 6.07) is 12.6. The molecular weight excluding hydrogens is 502 g/mol. The molecule has 2 amide bonds. The number of carbonyl (C=O) groups is 2. The van der Waals surface area contributed by atoms with Gasteiger partial charge in [-0.2, -0.15) is 0 Å². The van der Waals surface area contributed by atoms with Crippen LogP contribution in [0.1, 0.15) is 46.6 Å². The number of nitrogens with one attached hydrogen (secondary N) is 2. The molecule has 186 valence electrons. The normalized spacial score (nSPS) is 10.8. The van der Waals surface area contributed by atoms with Crippen LogP contribution in [0.25, 0.3) is 0 Å². The van der Waals surface area contributed by atoms with Crippen LogP contribution in [0.2, 0.25) is 0 Å². The number of halogens is 2. The summed E-state index contributed by atoms with van der Waals surface area (Å²) in [6.45, 7) is 0. The van der Waals surface area contributed by atoms with E-state index >= 15 is 0 Å². The highest BCUT2D eigenvalue weighted by atomic mass is 32.1. The van der Waals surface area contributed by atoms with Gasteiger partial charge in [-0.05, 0) is 48.2 Å². The number of aromatic nitrogens is 2. The van der Waals surface area contributed by atoms with Crippen LogP contribution < -0.4 is 10.6 Å². The van der Waals surface area contributed by atoms with Gasteiger partial charge in [0.1, 0.15) is 11.6 Å². The Balaban J connectivity index is 1.13. The molecule has 0 fully saturated rings. The second kappa shape index (κ2) is 12.5. The Bertz CT molecular complexity index is 1200. The number of nitrogens with zero attached hydrogens (tertiary/aromatic N) is 2. The topological polar surface area (TPSA) is 84.0 Å². The van der Waals surface area contributed by atoms with Gasteiger partial charge in [-0.1, -0.05) is 24.3 Å². The molecule has 2 aromatic carbocycles. The van der Waals surface area contributed by atoms with Crippen molar-refractivity contribution in [3.63, 3.8) is 0 Å². The lowest BCUT2D eigenvalue weighted by atomic mass is 10.1. The third-order valence-electron chi connectivity index (χ3n) is 5.24. The van der Waals surface area contributed by atoms with Crippen LogP contribution in [0.4, 0.5) is 19.0 Å². The molecule has 2 heterocycles. The van der Waals surface area contributed by atoms with E-state index in [0.717, 1.165) is 20.9 Å². The fourth-order valence-electron chi connectivity index (χ4n) is 3.44. The minimum atomic E-state index is -0.274. The van der Waals surface area contributed by atoms with E-state index in [1.54, 1.807) is 36.7 Å². The van der Waals surface area contributed by atoms with Gasteiger partial charge in [0.2, 0.25) is 11.8 Å². The molecule has 2 aromatic heterocycles. The first-order valence-corrected chi connectivity index (χ1v) is 13.0. The van der Waals surface area contributed by atoms with E-state index in [1.165, 1.54) is 46.9 Å². The van der Waals surface area contributed by atoms with Crippen LogP contribution in [-0.4, -0.2) is 21.8 Å². The highest BCUT2D eigenvalue weighted by Gasteiger charge is 2.10. The minimum Gasteiger partial charge on any atom is -0.302 e. The number of unbranched alkanes of at least 4 members (excludes halogenated alkanes) is 1. The fraction of sp³-hybridized carbons (Fsp3) is 0.231. The Hall–Kier alpha value is -3.50. The quantitative estimate of drug-likeness (QED) is 0.228. The molecule has 2 N–H and O–H groups in total. The van der Waals surface area contributed by atoms with Crippen molar-refractivity contribution in [3.8, 4) is 0 Å². The maximum Gasteiger partial charge on any atom is 0.226 e. The number of anilines is 2. The zero-order chi connectivity index (χ0) is 25.3. The molecular formula is C26H24F2N4O2S2. The minimum absolute atomic E-state index is 0.150. The average molecular weight is 527 g/mol. The summed E-state index contributed by atoms with van der Waals surface area (Å²) < 4.78 is 26.1. The Labute approximate surface area is 215 Å². The van der Waals surface area contributed by atoms with E-state index in [9.17, 15) is 18.4 Å². The van der Waals surface area contributed by atoms with Crippen molar-refractivity contribution in [2.45, 2.75) is 38.5 Å². The van der Waals surface area contributed by atoms with Crippen LogP contribution in [-0.2, 0) is 22.4 Å². The summed E-state index contributed by atoms with van der Waals surface area (Å²) in [7, 11) is 0. The maximum absolute atomic E-state index is 13.0. The van der Waals surface area contributed by atoms with E-state index in [1.807, 2.05) is 0 Å². The van der Waals surface area contributed by atoms with Gasteiger partial charge >= 0.3 is 0 Å². The Morgan fingerprint density at radius 2 is 1.06 bits per heavy atom. The van der Waals surface area contributed by atoms with Gasteiger partial charge in [-0.25, -0.2) is 18.7 Å². The van der Waals surface area contributed by atoms with Crippen molar-refractivity contribution >= 4 is 44.8 Å². The predicted molar refractivity (Wildman–Crippen MR) is 138 cm³/mol. The molecule has 0 radical (unpaired) electrons. The highest BCUT2D eigenvalue weighted by molar-refractivity contribution is 7.16. The molecule has 0 unspecified atom stereocenters. The summed E-state index contributed by atoms with van der Waals surface area (Å²) in [5.41, 5.74) is 1.94. The largest absolute Gasteiger partial charge is 0.302 e. The van der Waals surface area contributed by atoms with E-state index in [-0.39, 0.29) is 23.4 Å². The number of hydrogen-bond donors (Lipinski definition) is 2. The van der Waals surface area contributed by atoms with Gasteiger partial charge in [-0.15, -0.1) is 22.7 Å². The number of benzene rings is 2. The van der Waals surface area contributed by atoms with E-state index in [2.05, 4.69) is 20.6 Å². The van der Waals surface area contributed by atoms with Gasteiger partial charge in [0.05, 0.1) is 0 Å². The first-order valence-electron chi connectivity index (χ1n) is 11.4. The molecule has 0 atom stereocenters. The zero-order valence-electron chi connectivity index (χ0n) is 19.3. The van der Waals surface area contributed by atoms with Crippen LogP contribution in [0, 0.1) is 11.6 Å². The second-order valence-electron chi connectivity index (χ2n) is 8.17. The number of amides is 2. The molecule has 6 nitrogen and oxygen atoms in total. The van der Waals surface area contributed by atoms with E-state index in [4.69, 9.17) is 0 Å². The average Bonchev–Trinajstić information content (AvgIpc) is 3.49. The van der Waals surface area contributed by atoms with Crippen molar-refractivity contribution in [2.24, 2.45) is 0 Å². The molecule has 10 heteroatoms. The van der Waals surface area contributed by atoms with Crippen molar-refractivity contribution in [3.05, 3.63) is 93.4 Å². The van der Waals surface area contributed by atoms with Crippen LogP contribution in [0.15, 0.2) is 60.9 Å². The molecule has 0 aliphatic heterocycles. The Morgan fingerprint density at radius 1 is 0.667 bits per heavy atom. The summed E-state index contributed by atoms with van der Waals surface area (Å²) >= 11 is 2.77. The first kappa shape index (κ1) is 25.6. The molecule has 0 spiro atoms. The summed E-state index contributed by atoms with van der Waals surface area (Å²) in [5, 5.41) is 6.63. The second-order valence-corrected chi connectivity index (χ2v) is 10.4. The third-order valence-corrected chi connectivity index (χ3v) is 7.07. The first-order chi connectivity index (χ1) is 17.4. The van der Waals surface area contributed by atoms with Crippen molar-refractivity contribution in [2.75, 3.05) is 10.6 Å². The van der Waals surface area contributed by atoms with E-state index < -0.39 is 0 Å². The Morgan fingerprint density at radius 3 is 1.44 bits per heavy atom. The van der Waals surface area contributed by atoms with Crippen LogP contribution >= 0.6 is 22.7 Å². The molecule has 0 saturated heterocycles. The molecule has 4 aromatic rings. The van der Waals surface area contributed by atoms with Gasteiger partial charge < -0.3 is 10.6 Å².